The van der Waals surface area contributed by atoms with E-state index in [1.54, 1.807) is 36.4 Å². The molecular formula is C20H16Br2N2O5. The van der Waals surface area contributed by atoms with Gasteiger partial charge in [0.25, 0.3) is 5.91 Å². The number of nitrogens with zero attached hydrogens (tertiary/aromatic N) is 1. The molecule has 0 saturated carbocycles. The van der Waals surface area contributed by atoms with Crippen LogP contribution < -0.4 is 14.8 Å². The van der Waals surface area contributed by atoms with Crippen molar-refractivity contribution >= 4 is 55.5 Å². The maximum atomic E-state index is 12.5. The lowest BCUT2D eigenvalue weighted by Gasteiger charge is -2.10. The molecule has 0 aliphatic rings. The number of hydrogen-bond acceptors (Lipinski definition) is 5. The fourth-order valence-corrected chi connectivity index (χ4v) is 3.73. The van der Waals surface area contributed by atoms with Crippen molar-refractivity contribution in [3.05, 3.63) is 56.5 Å². The molecule has 0 aromatic heterocycles. The molecule has 0 atom stereocenters. The molecule has 2 N–H and O–H groups in total. The van der Waals surface area contributed by atoms with E-state index < -0.39 is 18.5 Å². The fourth-order valence-electron chi connectivity index (χ4n) is 2.28. The van der Waals surface area contributed by atoms with Crippen molar-refractivity contribution in [1.82, 2.24) is 0 Å². The van der Waals surface area contributed by atoms with Crippen LogP contribution in [-0.2, 0) is 9.59 Å². The molecule has 0 heterocycles. The quantitative estimate of drug-likeness (QED) is 0.386. The molecule has 0 radical (unpaired) electrons. The molecule has 7 nitrogen and oxygen atoms in total. The second kappa shape index (κ2) is 10.6. The number of carbonyl (C=O) groups is 2. The number of hydrogen-bond donors (Lipinski definition) is 2. The topological polar surface area (TPSA) is 109 Å². The van der Waals surface area contributed by atoms with Gasteiger partial charge in [0.1, 0.15) is 23.1 Å². The first-order valence-electron chi connectivity index (χ1n) is 8.33. The third kappa shape index (κ3) is 6.62. The van der Waals surface area contributed by atoms with Crippen LogP contribution in [-0.4, -0.2) is 30.2 Å². The molecule has 0 aliphatic heterocycles. The average molecular weight is 524 g/mol. The smallest absolute Gasteiger partial charge is 0.341 e. The summed E-state index contributed by atoms with van der Waals surface area (Å²) in [5.74, 6) is -0.762. The summed E-state index contributed by atoms with van der Waals surface area (Å²) in [5, 5.41) is 20.8. The second-order valence-corrected chi connectivity index (χ2v) is 7.29. The van der Waals surface area contributed by atoms with Gasteiger partial charge in [-0.3, -0.25) is 4.79 Å². The Morgan fingerprint density at radius 3 is 2.48 bits per heavy atom. The van der Waals surface area contributed by atoms with Gasteiger partial charge in [-0.15, -0.1) is 0 Å². The third-order valence-electron chi connectivity index (χ3n) is 3.44. The van der Waals surface area contributed by atoms with Crippen molar-refractivity contribution in [2.24, 2.45) is 0 Å². The van der Waals surface area contributed by atoms with Crippen molar-refractivity contribution in [2.45, 2.75) is 6.92 Å². The first kappa shape index (κ1) is 22.5. The summed E-state index contributed by atoms with van der Waals surface area (Å²) in [5.41, 5.74) is 0.938. The number of anilines is 1. The number of rotatable bonds is 8. The molecule has 29 heavy (non-hydrogen) atoms. The van der Waals surface area contributed by atoms with E-state index in [2.05, 4.69) is 37.2 Å². The highest BCUT2D eigenvalue weighted by Gasteiger charge is 2.13. The van der Waals surface area contributed by atoms with Crippen LogP contribution in [0.3, 0.4) is 0 Å². The van der Waals surface area contributed by atoms with E-state index >= 15 is 0 Å². The lowest BCUT2D eigenvalue weighted by atomic mass is 10.1. The molecule has 150 valence electrons. The van der Waals surface area contributed by atoms with E-state index in [-0.39, 0.29) is 5.57 Å². The van der Waals surface area contributed by atoms with Crippen molar-refractivity contribution in [3.8, 4) is 17.6 Å². The highest BCUT2D eigenvalue weighted by molar-refractivity contribution is 9.11. The Balaban J connectivity index is 2.22. The van der Waals surface area contributed by atoms with Crippen LogP contribution in [0.15, 0.2) is 50.9 Å². The predicted octanol–water partition coefficient (Wildman–Crippen LogP) is 4.62. The number of benzene rings is 2. The Labute approximate surface area is 184 Å². The van der Waals surface area contributed by atoms with Crippen LogP contribution in [0.2, 0.25) is 0 Å². The molecule has 0 spiro atoms. The average Bonchev–Trinajstić information content (AvgIpc) is 2.65. The molecule has 0 unspecified atom stereocenters. The Morgan fingerprint density at radius 1 is 1.21 bits per heavy atom. The van der Waals surface area contributed by atoms with Crippen LogP contribution in [0.4, 0.5) is 5.69 Å². The summed E-state index contributed by atoms with van der Waals surface area (Å²) in [4.78, 5) is 23.2. The van der Waals surface area contributed by atoms with Crippen LogP contribution in [0.1, 0.15) is 12.5 Å². The lowest BCUT2D eigenvalue weighted by Crippen LogP contribution is -2.13. The van der Waals surface area contributed by atoms with Crippen molar-refractivity contribution in [2.75, 3.05) is 18.5 Å². The maximum Gasteiger partial charge on any atom is 0.341 e. The number of ether oxygens (including phenoxy) is 2. The summed E-state index contributed by atoms with van der Waals surface area (Å²) < 4.78 is 11.5. The van der Waals surface area contributed by atoms with Crippen molar-refractivity contribution < 1.29 is 24.2 Å². The fraction of sp³-hybridized carbons (Fsp3) is 0.150. The number of nitrogens with one attached hydrogen (secondary N) is 1. The highest BCUT2D eigenvalue weighted by atomic mass is 79.9. The van der Waals surface area contributed by atoms with Crippen LogP contribution in [0.5, 0.6) is 11.5 Å². The summed E-state index contributed by atoms with van der Waals surface area (Å²) in [6.07, 6.45) is 1.41. The van der Waals surface area contributed by atoms with Crippen LogP contribution in [0.25, 0.3) is 6.08 Å². The summed E-state index contributed by atoms with van der Waals surface area (Å²) in [6, 6.07) is 12.0. The minimum atomic E-state index is -1.11. The zero-order valence-corrected chi connectivity index (χ0v) is 18.4. The number of aliphatic carboxylic acids is 1. The number of carbonyl (C=O) groups excluding carboxylic acids is 1. The number of carboxylic acid groups (broad SMARTS) is 1. The number of amides is 1. The first-order chi connectivity index (χ1) is 13.8. The Kier molecular flexibility index (Phi) is 8.24. The minimum absolute atomic E-state index is 0.107. The third-order valence-corrected chi connectivity index (χ3v) is 4.62. The summed E-state index contributed by atoms with van der Waals surface area (Å²) in [6.45, 7) is 1.85. The van der Waals surface area contributed by atoms with Crippen molar-refractivity contribution in [3.63, 3.8) is 0 Å². The molecule has 0 aliphatic carbocycles. The van der Waals surface area contributed by atoms with Gasteiger partial charge in [0.15, 0.2) is 6.61 Å². The van der Waals surface area contributed by atoms with Gasteiger partial charge in [-0.05, 0) is 74.7 Å². The van der Waals surface area contributed by atoms with Crippen LogP contribution in [0, 0.1) is 11.3 Å². The molecule has 2 rings (SSSR count). The molecular weight excluding hydrogens is 508 g/mol. The Hall–Kier alpha value is -2.83. The number of nitriles is 1. The van der Waals surface area contributed by atoms with E-state index in [4.69, 9.17) is 14.6 Å². The molecule has 0 fully saturated rings. The van der Waals surface area contributed by atoms with Gasteiger partial charge in [-0.2, -0.15) is 5.26 Å². The first-order valence-corrected chi connectivity index (χ1v) is 9.92. The van der Waals surface area contributed by atoms with Gasteiger partial charge in [-0.1, -0.05) is 6.07 Å². The number of carboxylic acids is 1. The van der Waals surface area contributed by atoms with E-state index in [0.717, 1.165) is 0 Å². The van der Waals surface area contributed by atoms with Crippen LogP contribution >= 0.6 is 31.9 Å². The highest BCUT2D eigenvalue weighted by Crippen LogP contribution is 2.35. The normalized spacial score (nSPS) is 10.8. The van der Waals surface area contributed by atoms with Gasteiger partial charge >= 0.3 is 5.97 Å². The van der Waals surface area contributed by atoms with E-state index in [9.17, 15) is 14.9 Å². The standard InChI is InChI=1S/C20H16Br2N2O5/c1-2-28-15-5-3-4-14(9-15)24-20(27)13(10-23)6-12-7-16(21)19(17(22)8-12)29-11-18(25)26/h3-9H,2,11H2,1H3,(H,24,27)(H,25,26)/b13-6-. The molecule has 1 amide bonds. The monoisotopic (exact) mass is 522 g/mol. The summed E-state index contributed by atoms with van der Waals surface area (Å²) >= 11 is 6.60. The van der Waals surface area contributed by atoms with E-state index in [1.165, 1.54) is 6.08 Å². The molecule has 0 bridgehead atoms. The van der Waals surface area contributed by atoms with Gasteiger partial charge in [0.2, 0.25) is 0 Å². The van der Waals surface area contributed by atoms with Gasteiger partial charge in [0.05, 0.1) is 15.6 Å². The predicted molar refractivity (Wildman–Crippen MR) is 115 cm³/mol. The van der Waals surface area contributed by atoms with E-state index in [0.29, 0.717) is 38.3 Å². The molecule has 2 aromatic carbocycles. The van der Waals surface area contributed by atoms with Gasteiger partial charge in [0, 0.05) is 11.8 Å². The maximum absolute atomic E-state index is 12.5. The molecule has 0 saturated heterocycles. The summed E-state index contributed by atoms with van der Waals surface area (Å²) in [7, 11) is 0. The van der Waals surface area contributed by atoms with Gasteiger partial charge in [-0.25, -0.2) is 4.79 Å². The zero-order chi connectivity index (χ0) is 21.4. The van der Waals surface area contributed by atoms with Crippen molar-refractivity contribution in [1.29, 1.82) is 5.26 Å². The van der Waals surface area contributed by atoms with Gasteiger partial charge < -0.3 is 19.9 Å². The largest absolute Gasteiger partial charge is 0.494 e. The minimum Gasteiger partial charge on any atom is -0.494 e. The lowest BCUT2D eigenvalue weighted by molar-refractivity contribution is -0.139. The number of halogens is 2. The van der Waals surface area contributed by atoms with E-state index in [1.807, 2.05) is 13.0 Å². The molecule has 2 aromatic rings. The Morgan fingerprint density at radius 2 is 1.90 bits per heavy atom. The SMILES string of the molecule is CCOc1cccc(NC(=O)/C(C#N)=C\c2cc(Br)c(OCC(=O)O)c(Br)c2)c1. The Bertz CT molecular complexity index is 976. The zero-order valence-electron chi connectivity index (χ0n) is 15.2. The second-order valence-electron chi connectivity index (χ2n) is 5.58. The molecule has 9 heteroatoms.